The van der Waals surface area contributed by atoms with Gasteiger partial charge >= 0.3 is 0 Å². The summed E-state index contributed by atoms with van der Waals surface area (Å²) in [6.07, 6.45) is 3.79. The second kappa shape index (κ2) is 4.34. The van der Waals surface area contributed by atoms with E-state index in [1.54, 1.807) is 18.5 Å². The molecule has 14 heavy (non-hydrogen) atoms. The number of carbonyl (C=O) groups excluding carboxylic acids is 1. The topological polar surface area (TPSA) is 59.0 Å². The Morgan fingerprint density at radius 1 is 1.57 bits per heavy atom. The van der Waals surface area contributed by atoms with Gasteiger partial charge < -0.3 is 10.6 Å². The van der Waals surface area contributed by atoms with Gasteiger partial charge in [-0.05, 0) is 6.07 Å². The smallest absolute Gasteiger partial charge is 0.248 e. The lowest BCUT2D eigenvalue weighted by molar-refractivity contribution is 0.0869. The maximum atomic E-state index is 11.6. The summed E-state index contributed by atoms with van der Waals surface area (Å²) < 4.78 is 1.39. The van der Waals surface area contributed by atoms with E-state index in [9.17, 15) is 4.79 Å². The van der Waals surface area contributed by atoms with Gasteiger partial charge in [0.05, 0.1) is 0 Å². The van der Waals surface area contributed by atoms with Gasteiger partial charge in [0.25, 0.3) is 0 Å². The molecule has 0 saturated carbocycles. The highest BCUT2D eigenvalue weighted by atomic mass is 16.2. The van der Waals surface area contributed by atoms with Crippen LogP contribution in [0.3, 0.4) is 0 Å². The summed E-state index contributed by atoms with van der Waals surface area (Å²) in [7, 11) is 0. The second-order valence-corrected chi connectivity index (χ2v) is 3.40. The van der Waals surface area contributed by atoms with Gasteiger partial charge in [-0.1, -0.05) is 0 Å². The Labute approximate surface area is 82.5 Å². The summed E-state index contributed by atoms with van der Waals surface area (Å²) >= 11 is 0. The molecule has 0 radical (unpaired) electrons. The largest absolute Gasteiger partial charge is 0.314 e. The number of carbonyl (C=O) groups is 1. The molecule has 1 aromatic rings. The maximum Gasteiger partial charge on any atom is 0.248 e. The van der Waals surface area contributed by atoms with Gasteiger partial charge in [-0.2, -0.15) is 5.10 Å². The SMILES string of the molecule is O=C(CC1CNCCN1)n1cccn1. The normalized spacial score (nSPS) is 22.1. The second-order valence-electron chi connectivity index (χ2n) is 3.40. The predicted molar refractivity (Wildman–Crippen MR) is 52.1 cm³/mol. The Balaban J connectivity index is 1.87. The number of nitrogens with zero attached hydrogens (tertiary/aromatic N) is 2. The fourth-order valence-corrected chi connectivity index (χ4v) is 1.58. The molecule has 5 heteroatoms. The standard InChI is InChI=1S/C9H14N4O/c14-9(13-5-1-2-12-13)6-8-7-10-3-4-11-8/h1-2,5,8,10-11H,3-4,6-7H2. The molecule has 1 aliphatic heterocycles. The minimum absolute atomic E-state index is 0.0381. The lowest BCUT2D eigenvalue weighted by atomic mass is 10.1. The zero-order chi connectivity index (χ0) is 9.80. The minimum atomic E-state index is 0.0381. The molecule has 5 nitrogen and oxygen atoms in total. The Bertz CT molecular complexity index is 290. The number of hydrogen-bond donors (Lipinski definition) is 2. The summed E-state index contributed by atoms with van der Waals surface area (Å²) in [5, 5.41) is 10.4. The van der Waals surface area contributed by atoms with Crippen molar-refractivity contribution in [2.45, 2.75) is 12.5 Å². The Hall–Kier alpha value is -1.20. The van der Waals surface area contributed by atoms with Crippen LogP contribution in [0.25, 0.3) is 0 Å². The lowest BCUT2D eigenvalue weighted by Crippen LogP contribution is -2.49. The van der Waals surface area contributed by atoms with E-state index in [-0.39, 0.29) is 11.9 Å². The van der Waals surface area contributed by atoms with Gasteiger partial charge in [0.15, 0.2) is 0 Å². The molecule has 1 saturated heterocycles. The monoisotopic (exact) mass is 194 g/mol. The van der Waals surface area contributed by atoms with Crippen molar-refractivity contribution in [2.75, 3.05) is 19.6 Å². The van der Waals surface area contributed by atoms with E-state index in [2.05, 4.69) is 15.7 Å². The van der Waals surface area contributed by atoms with Crippen LogP contribution >= 0.6 is 0 Å². The Morgan fingerprint density at radius 3 is 3.14 bits per heavy atom. The van der Waals surface area contributed by atoms with E-state index in [1.165, 1.54) is 4.68 Å². The molecule has 0 aliphatic carbocycles. The molecule has 2 N–H and O–H groups in total. The maximum absolute atomic E-state index is 11.6. The van der Waals surface area contributed by atoms with Crippen LogP contribution in [-0.4, -0.2) is 41.4 Å². The first-order chi connectivity index (χ1) is 6.86. The van der Waals surface area contributed by atoms with E-state index < -0.39 is 0 Å². The van der Waals surface area contributed by atoms with Gasteiger partial charge in [0.1, 0.15) is 0 Å². The van der Waals surface area contributed by atoms with Crippen molar-refractivity contribution in [1.29, 1.82) is 0 Å². The third-order valence-corrected chi connectivity index (χ3v) is 2.31. The molecule has 1 aromatic heterocycles. The van der Waals surface area contributed by atoms with Crippen LogP contribution in [0.5, 0.6) is 0 Å². The third kappa shape index (κ3) is 2.18. The quantitative estimate of drug-likeness (QED) is 0.665. The van der Waals surface area contributed by atoms with E-state index >= 15 is 0 Å². The molecule has 0 aromatic carbocycles. The number of hydrogen-bond acceptors (Lipinski definition) is 4. The van der Waals surface area contributed by atoms with Crippen LogP contribution in [0.15, 0.2) is 18.5 Å². The zero-order valence-corrected chi connectivity index (χ0v) is 7.94. The van der Waals surface area contributed by atoms with Crippen LogP contribution in [-0.2, 0) is 0 Å². The average Bonchev–Trinajstić information content (AvgIpc) is 2.72. The van der Waals surface area contributed by atoms with Crippen LogP contribution in [0.4, 0.5) is 0 Å². The van der Waals surface area contributed by atoms with Crippen molar-refractivity contribution in [3.8, 4) is 0 Å². The van der Waals surface area contributed by atoms with Crippen molar-refractivity contribution >= 4 is 5.91 Å². The van der Waals surface area contributed by atoms with Crippen molar-refractivity contribution in [3.63, 3.8) is 0 Å². The van der Waals surface area contributed by atoms with E-state index in [0.717, 1.165) is 19.6 Å². The molecule has 1 aliphatic rings. The highest BCUT2D eigenvalue weighted by molar-refractivity contribution is 5.78. The molecule has 1 atom stereocenters. The van der Waals surface area contributed by atoms with Crippen molar-refractivity contribution in [2.24, 2.45) is 0 Å². The van der Waals surface area contributed by atoms with Gasteiger partial charge in [-0.15, -0.1) is 0 Å². The molecule has 0 amide bonds. The molecule has 1 fully saturated rings. The molecule has 0 spiro atoms. The summed E-state index contributed by atoms with van der Waals surface area (Å²) in [5.74, 6) is 0.0381. The molecule has 2 heterocycles. The fourth-order valence-electron chi connectivity index (χ4n) is 1.58. The van der Waals surface area contributed by atoms with Gasteiger partial charge in [-0.25, -0.2) is 4.68 Å². The molecular formula is C9H14N4O. The van der Waals surface area contributed by atoms with Crippen molar-refractivity contribution in [3.05, 3.63) is 18.5 Å². The Morgan fingerprint density at radius 2 is 2.50 bits per heavy atom. The lowest BCUT2D eigenvalue weighted by Gasteiger charge is -2.23. The summed E-state index contributed by atoms with van der Waals surface area (Å²) in [6, 6.07) is 1.99. The predicted octanol–water partition coefficient (Wildman–Crippen LogP) is -0.525. The first-order valence-corrected chi connectivity index (χ1v) is 4.83. The third-order valence-electron chi connectivity index (χ3n) is 2.31. The number of rotatable bonds is 2. The van der Waals surface area contributed by atoms with Gasteiger partial charge in [0.2, 0.25) is 5.91 Å². The van der Waals surface area contributed by atoms with Crippen molar-refractivity contribution < 1.29 is 4.79 Å². The average molecular weight is 194 g/mol. The molecular weight excluding hydrogens is 180 g/mol. The molecule has 0 bridgehead atoms. The van der Waals surface area contributed by atoms with E-state index in [4.69, 9.17) is 0 Å². The van der Waals surface area contributed by atoms with Crippen LogP contribution in [0.2, 0.25) is 0 Å². The number of aromatic nitrogens is 2. The van der Waals surface area contributed by atoms with Crippen LogP contribution in [0, 0.1) is 0 Å². The van der Waals surface area contributed by atoms with Gasteiger partial charge in [0, 0.05) is 44.5 Å². The Kier molecular flexibility index (Phi) is 2.90. The summed E-state index contributed by atoms with van der Waals surface area (Å²) in [4.78, 5) is 11.6. The first kappa shape index (κ1) is 9.36. The number of nitrogens with one attached hydrogen (secondary N) is 2. The first-order valence-electron chi connectivity index (χ1n) is 4.83. The van der Waals surface area contributed by atoms with Gasteiger partial charge in [-0.3, -0.25) is 4.79 Å². The molecule has 76 valence electrons. The van der Waals surface area contributed by atoms with Crippen molar-refractivity contribution in [1.82, 2.24) is 20.4 Å². The highest BCUT2D eigenvalue weighted by Crippen LogP contribution is 1.97. The minimum Gasteiger partial charge on any atom is -0.314 e. The van der Waals surface area contributed by atoms with E-state index in [0.29, 0.717) is 6.42 Å². The zero-order valence-electron chi connectivity index (χ0n) is 7.94. The number of piperazine rings is 1. The highest BCUT2D eigenvalue weighted by Gasteiger charge is 2.16. The van der Waals surface area contributed by atoms with E-state index in [1.807, 2.05) is 0 Å². The summed E-state index contributed by atoms with van der Waals surface area (Å²) in [6.45, 7) is 2.76. The summed E-state index contributed by atoms with van der Waals surface area (Å²) in [5.41, 5.74) is 0. The van der Waals surface area contributed by atoms with Crippen LogP contribution < -0.4 is 10.6 Å². The fraction of sp³-hybridized carbons (Fsp3) is 0.556. The molecule has 2 rings (SSSR count). The van der Waals surface area contributed by atoms with Crippen LogP contribution in [0.1, 0.15) is 11.2 Å². The molecule has 1 unspecified atom stereocenters.